The molecule has 0 unspecified atom stereocenters. The van der Waals surface area contributed by atoms with E-state index in [0.29, 0.717) is 57.8 Å². The normalized spacial score (nSPS) is 15.3. The van der Waals surface area contributed by atoms with Crippen molar-refractivity contribution in [3.05, 3.63) is 35.6 Å². The molecule has 2 rings (SSSR count). The summed E-state index contributed by atoms with van der Waals surface area (Å²) < 4.78 is 18.6. The third-order valence-electron chi connectivity index (χ3n) is 3.41. The van der Waals surface area contributed by atoms with Gasteiger partial charge in [0.25, 0.3) is 0 Å². The quantitative estimate of drug-likeness (QED) is 0.796. The van der Waals surface area contributed by atoms with E-state index in [1.807, 2.05) is 11.0 Å². The molecule has 4 nitrogen and oxygen atoms in total. The molecule has 1 fully saturated rings. The first-order chi connectivity index (χ1) is 9.77. The number of hydrogen-bond donors (Lipinski definition) is 1. The molecule has 1 heterocycles. The van der Waals surface area contributed by atoms with E-state index in [1.165, 1.54) is 6.07 Å². The molecule has 1 N–H and O–H groups in total. The lowest BCUT2D eigenvalue weighted by Crippen LogP contribution is -2.41. The van der Waals surface area contributed by atoms with Gasteiger partial charge in [0.05, 0.1) is 13.2 Å². The number of nitrogens with one attached hydrogen (secondary N) is 1. The molecule has 1 aromatic rings. The summed E-state index contributed by atoms with van der Waals surface area (Å²) in [5.41, 5.74) is 0.708. The Morgan fingerprint density at radius 2 is 2.00 bits per heavy atom. The minimum Gasteiger partial charge on any atom is -0.378 e. The third kappa shape index (κ3) is 4.58. The monoisotopic (exact) mass is 280 g/mol. The lowest BCUT2D eigenvalue weighted by atomic mass is 10.1. The van der Waals surface area contributed by atoms with Gasteiger partial charge in [-0.2, -0.15) is 0 Å². The van der Waals surface area contributed by atoms with Gasteiger partial charge in [-0.05, 0) is 24.6 Å². The van der Waals surface area contributed by atoms with Crippen molar-refractivity contribution in [2.45, 2.75) is 12.8 Å². The van der Waals surface area contributed by atoms with Crippen LogP contribution in [0.2, 0.25) is 0 Å². The lowest BCUT2D eigenvalue weighted by Gasteiger charge is -2.26. The van der Waals surface area contributed by atoms with Crippen LogP contribution in [0.15, 0.2) is 24.3 Å². The highest BCUT2D eigenvalue weighted by Gasteiger charge is 2.15. The Kier molecular flexibility index (Phi) is 5.95. The number of nitrogens with zero attached hydrogens (tertiary/aromatic N) is 1. The highest BCUT2D eigenvalue weighted by molar-refractivity contribution is 5.76. The zero-order valence-electron chi connectivity index (χ0n) is 11.6. The van der Waals surface area contributed by atoms with E-state index in [0.717, 1.165) is 0 Å². The van der Waals surface area contributed by atoms with Gasteiger partial charge in [-0.1, -0.05) is 18.2 Å². The smallest absolute Gasteiger partial charge is 0.224 e. The molecule has 0 saturated carbocycles. The molecule has 0 aliphatic carbocycles. The fourth-order valence-corrected chi connectivity index (χ4v) is 2.22. The highest BCUT2D eigenvalue weighted by Crippen LogP contribution is 2.06. The molecule has 1 aromatic carbocycles. The Balaban J connectivity index is 1.59. The number of carbonyl (C=O) groups is 1. The molecule has 0 radical (unpaired) electrons. The number of benzene rings is 1. The van der Waals surface area contributed by atoms with Crippen LogP contribution >= 0.6 is 0 Å². The summed E-state index contributed by atoms with van der Waals surface area (Å²) in [6.07, 6.45) is 1.12. The van der Waals surface area contributed by atoms with E-state index < -0.39 is 0 Å². The fourth-order valence-electron chi connectivity index (χ4n) is 2.22. The second-order valence-corrected chi connectivity index (χ2v) is 4.83. The second kappa shape index (κ2) is 7.97. The standard InChI is InChI=1S/C15H21FN2O2/c16-14-4-2-1-3-13(14)5-7-17-8-6-15(19)18-9-11-20-12-10-18/h1-4,17H,5-12H2. The number of halogens is 1. The molecule has 0 atom stereocenters. The first-order valence-electron chi connectivity index (χ1n) is 7.07. The lowest BCUT2D eigenvalue weighted by molar-refractivity contribution is -0.135. The van der Waals surface area contributed by atoms with E-state index in [4.69, 9.17) is 4.74 Å². The molecule has 0 spiro atoms. The van der Waals surface area contributed by atoms with Gasteiger partial charge in [-0.25, -0.2) is 4.39 Å². The molecule has 20 heavy (non-hydrogen) atoms. The number of amides is 1. The zero-order valence-corrected chi connectivity index (χ0v) is 11.6. The molecule has 1 aliphatic heterocycles. The van der Waals surface area contributed by atoms with Gasteiger partial charge in [0, 0.05) is 26.1 Å². The molecule has 1 amide bonds. The van der Waals surface area contributed by atoms with Gasteiger partial charge in [0.1, 0.15) is 5.82 Å². The SMILES string of the molecule is O=C(CCNCCc1ccccc1F)N1CCOCC1. The maximum atomic E-state index is 13.4. The molecule has 1 aliphatic rings. The van der Waals surface area contributed by atoms with Gasteiger partial charge in [0.15, 0.2) is 0 Å². The molecule has 110 valence electrons. The van der Waals surface area contributed by atoms with Crippen LogP contribution in [0.4, 0.5) is 4.39 Å². The van der Waals surface area contributed by atoms with Crippen LogP contribution in [0.3, 0.4) is 0 Å². The van der Waals surface area contributed by atoms with E-state index in [9.17, 15) is 9.18 Å². The van der Waals surface area contributed by atoms with Crippen molar-refractivity contribution in [1.82, 2.24) is 10.2 Å². The first-order valence-corrected chi connectivity index (χ1v) is 7.07. The van der Waals surface area contributed by atoms with E-state index in [-0.39, 0.29) is 11.7 Å². The molecule has 1 saturated heterocycles. The largest absolute Gasteiger partial charge is 0.378 e. The number of ether oxygens (including phenoxy) is 1. The topological polar surface area (TPSA) is 41.6 Å². The van der Waals surface area contributed by atoms with Crippen LogP contribution in [0.25, 0.3) is 0 Å². The number of morpholine rings is 1. The van der Waals surface area contributed by atoms with Crippen molar-refractivity contribution < 1.29 is 13.9 Å². The minimum absolute atomic E-state index is 0.159. The predicted octanol–water partition coefficient (Wildman–Crippen LogP) is 1.21. The summed E-state index contributed by atoms with van der Waals surface area (Å²) in [5.74, 6) is -0.00890. The summed E-state index contributed by atoms with van der Waals surface area (Å²) >= 11 is 0. The fraction of sp³-hybridized carbons (Fsp3) is 0.533. The van der Waals surface area contributed by atoms with Crippen molar-refractivity contribution in [1.29, 1.82) is 0 Å². The van der Waals surface area contributed by atoms with Gasteiger partial charge in [-0.3, -0.25) is 4.79 Å². The van der Waals surface area contributed by atoms with Crippen molar-refractivity contribution in [2.75, 3.05) is 39.4 Å². The maximum absolute atomic E-state index is 13.4. The predicted molar refractivity (Wildman–Crippen MR) is 75.0 cm³/mol. The third-order valence-corrected chi connectivity index (χ3v) is 3.41. The van der Waals surface area contributed by atoms with Crippen LogP contribution in [0.5, 0.6) is 0 Å². The minimum atomic E-state index is -0.168. The van der Waals surface area contributed by atoms with Crippen molar-refractivity contribution in [2.24, 2.45) is 0 Å². The summed E-state index contributed by atoms with van der Waals surface area (Å²) in [6.45, 7) is 3.95. The van der Waals surface area contributed by atoms with E-state index in [1.54, 1.807) is 12.1 Å². The Bertz CT molecular complexity index is 434. The first kappa shape index (κ1) is 14.9. The van der Waals surface area contributed by atoms with Gasteiger partial charge in [0.2, 0.25) is 5.91 Å². The molecule has 5 heteroatoms. The molecule has 0 bridgehead atoms. The van der Waals surface area contributed by atoms with E-state index >= 15 is 0 Å². The Morgan fingerprint density at radius 1 is 1.25 bits per heavy atom. The average Bonchev–Trinajstić information content (AvgIpc) is 2.49. The Morgan fingerprint density at radius 3 is 2.75 bits per heavy atom. The highest BCUT2D eigenvalue weighted by atomic mass is 19.1. The maximum Gasteiger partial charge on any atom is 0.224 e. The Hall–Kier alpha value is -1.46. The Labute approximate surface area is 118 Å². The summed E-state index contributed by atoms with van der Waals surface area (Å²) in [5, 5.41) is 3.19. The van der Waals surface area contributed by atoms with Crippen LogP contribution in [-0.4, -0.2) is 50.2 Å². The van der Waals surface area contributed by atoms with Crippen molar-refractivity contribution in [3.8, 4) is 0 Å². The van der Waals surface area contributed by atoms with Crippen LogP contribution < -0.4 is 5.32 Å². The molecule has 0 aromatic heterocycles. The average molecular weight is 280 g/mol. The molecular weight excluding hydrogens is 259 g/mol. The van der Waals surface area contributed by atoms with Crippen LogP contribution in [0.1, 0.15) is 12.0 Å². The van der Waals surface area contributed by atoms with Crippen LogP contribution in [0, 0.1) is 5.82 Å². The molecular formula is C15H21FN2O2. The van der Waals surface area contributed by atoms with Crippen molar-refractivity contribution >= 4 is 5.91 Å². The van der Waals surface area contributed by atoms with Gasteiger partial charge < -0.3 is 15.0 Å². The zero-order chi connectivity index (χ0) is 14.2. The number of carbonyl (C=O) groups excluding carboxylic acids is 1. The second-order valence-electron chi connectivity index (χ2n) is 4.83. The number of hydrogen-bond acceptors (Lipinski definition) is 3. The summed E-state index contributed by atoms with van der Waals surface area (Å²) in [6, 6.07) is 6.78. The van der Waals surface area contributed by atoms with Gasteiger partial charge >= 0.3 is 0 Å². The summed E-state index contributed by atoms with van der Waals surface area (Å²) in [7, 11) is 0. The van der Waals surface area contributed by atoms with Crippen molar-refractivity contribution in [3.63, 3.8) is 0 Å². The summed E-state index contributed by atoms with van der Waals surface area (Å²) in [4.78, 5) is 13.7. The number of rotatable bonds is 6. The van der Waals surface area contributed by atoms with Gasteiger partial charge in [-0.15, -0.1) is 0 Å². The van der Waals surface area contributed by atoms with E-state index in [2.05, 4.69) is 5.32 Å². The van der Waals surface area contributed by atoms with Crippen LogP contribution in [-0.2, 0) is 16.0 Å².